The molecule has 3 rings (SSSR count). The molecule has 1 amide bonds. The van der Waals surface area contributed by atoms with Gasteiger partial charge in [0.15, 0.2) is 0 Å². The molecule has 2 aliphatic rings. The number of aliphatic carboxylic acids is 2. The highest BCUT2D eigenvalue weighted by molar-refractivity contribution is 5.76. The van der Waals surface area contributed by atoms with Crippen molar-refractivity contribution in [2.75, 3.05) is 50.7 Å². The standard InChI is InChI=1S/C20H32N4O.2C2HF3O2/c1-16-5-4-7-22(15-16)8-6-20(25)24-11-9-23(10-12-24)19-13-17(2)21-18(3)14-19;2*3-2(4,5)1(6)7/h13-14,16H,4-12,15H2,1-3H3;2*(H,6,7). The van der Waals surface area contributed by atoms with E-state index in [1.165, 1.54) is 18.5 Å². The van der Waals surface area contributed by atoms with Gasteiger partial charge in [0.1, 0.15) is 0 Å². The van der Waals surface area contributed by atoms with Crippen molar-refractivity contribution in [3.63, 3.8) is 0 Å². The smallest absolute Gasteiger partial charge is 0.475 e. The number of carboxylic acid groups (broad SMARTS) is 2. The van der Waals surface area contributed by atoms with E-state index in [1.807, 2.05) is 18.7 Å². The highest BCUT2D eigenvalue weighted by Gasteiger charge is 2.38. The Kier molecular flexibility index (Phi) is 13.0. The second-order valence-corrected chi connectivity index (χ2v) is 9.38. The summed E-state index contributed by atoms with van der Waals surface area (Å²) >= 11 is 0. The van der Waals surface area contributed by atoms with Gasteiger partial charge in [-0.3, -0.25) is 9.78 Å². The molecule has 0 saturated carbocycles. The fraction of sp³-hybridized carbons (Fsp3) is 0.667. The monoisotopic (exact) mass is 572 g/mol. The average molecular weight is 573 g/mol. The molecule has 2 aliphatic heterocycles. The maximum Gasteiger partial charge on any atom is 0.490 e. The van der Waals surface area contributed by atoms with Crippen LogP contribution in [0.3, 0.4) is 0 Å². The molecule has 0 bridgehead atoms. The Bertz CT molecular complexity index is 921. The largest absolute Gasteiger partial charge is 0.490 e. The van der Waals surface area contributed by atoms with Crippen molar-refractivity contribution in [2.45, 2.75) is 52.4 Å². The minimum atomic E-state index is -5.08. The van der Waals surface area contributed by atoms with E-state index in [4.69, 9.17) is 19.8 Å². The van der Waals surface area contributed by atoms with E-state index < -0.39 is 24.3 Å². The Balaban J connectivity index is 0.000000449. The molecule has 0 radical (unpaired) electrons. The molecule has 39 heavy (non-hydrogen) atoms. The van der Waals surface area contributed by atoms with Crippen molar-refractivity contribution in [3.8, 4) is 0 Å². The SMILES string of the molecule is Cc1cc(N2CCN(C(=O)CCN3CCCC(C)C3)CC2)cc(C)n1.O=C(O)C(F)(F)F.O=C(O)C(F)(F)F. The fourth-order valence-corrected chi connectivity index (χ4v) is 4.11. The summed E-state index contributed by atoms with van der Waals surface area (Å²) in [5.74, 6) is -4.42. The second-order valence-electron chi connectivity index (χ2n) is 9.38. The van der Waals surface area contributed by atoms with Crippen molar-refractivity contribution in [3.05, 3.63) is 23.5 Å². The summed E-state index contributed by atoms with van der Waals surface area (Å²) in [4.78, 5) is 41.7. The van der Waals surface area contributed by atoms with Crippen molar-refractivity contribution in [1.29, 1.82) is 0 Å². The number of carbonyl (C=O) groups is 3. The highest BCUT2D eigenvalue weighted by atomic mass is 19.4. The molecule has 3 heterocycles. The number of hydrogen-bond donors (Lipinski definition) is 2. The zero-order valence-electron chi connectivity index (χ0n) is 22.0. The summed E-state index contributed by atoms with van der Waals surface area (Å²) in [6.07, 6.45) is -6.89. The molecule has 15 heteroatoms. The summed E-state index contributed by atoms with van der Waals surface area (Å²) < 4.78 is 63.5. The van der Waals surface area contributed by atoms with Gasteiger partial charge < -0.3 is 24.9 Å². The third kappa shape index (κ3) is 13.0. The first-order chi connectivity index (χ1) is 17.9. The van der Waals surface area contributed by atoms with Gasteiger partial charge >= 0.3 is 24.3 Å². The Morgan fingerprint density at radius 3 is 1.77 bits per heavy atom. The van der Waals surface area contributed by atoms with E-state index in [0.29, 0.717) is 12.3 Å². The van der Waals surface area contributed by atoms with E-state index in [9.17, 15) is 31.1 Å². The van der Waals surface area contributed by atoms with Crippen LogP contribution in [-0.2, 0) is 14.4 Å². The first-order valence-electron chi connectivity index (χ1n) is 12.2. The number of carbonyl (C=O) groups excluding carboxylic acids is 1. The van der Waals surface area contributed by atoms with Crippen LogP contribution < -0.4 is 4.90 Å². The molecule has 0 aromatic carbocycles. The molecule has 2 N–H and O–H groups in total. The zero-order chi connectivity index (χ0) is 30.0. The van der Waals surface area contributed by atoms with Gasteiger partial charge in [-0.2, -0.15) is 26.3 Å². The van der Waals surface area contributed by atoms with Gasteiger partial charge in [-0.25, -0.2) is 9.59 Å². The number of alkyl halides is 6. The predicted octanol–water partition coefficient (Wildman–Crippen LogP) is 3.74. The molecule has 1 aromatic rings. The van der Waals surface area contributed by atoms with Crippen LogP contribution in [0.4, 0.5) is 32.0 Å². The van der Waals surface area contributed by atoms with Gasteiger partial charge in [0.05, 0.1) is 0 Å². The molecule has 1 atom stereocenters. The van der Waals surface area contributed by atoms with Crippen molar-refractivity contribution < 1.29 is 50.9 Å². The minimum absolute atomic E-state index is 0.319. The van der Waals surface area contributed by atoms with Crippen LogP contribution >= 0.6 is 0 Å². The zero-order valence-corrected chi connectivity index (χ0v) is 22.0. The third-order valence-electron chi connectivity index (χ3n) is 5.93. The maximum atomic E-state index is 12.5. The van der Waals surface area contributed by atoms with Gasteiger partial charge in [-0.05, 0) is 51.3 Å². The molecule has 2 saturated heterocycles. The van der Waals surface area contributed by atoms with Gasteiger partial charge in [0, 0.05) is 62.8 Å². The molecule has 1 aromatic heterocycles. The Morgan fingerprint density at radius 2 is 1.36 bits per heavy atom. The first kappa shape index (κ1) is 33.9. The molecule has 0 spiro atoms. The van der Waals surface area contributed by atoms with E-state index in [1.54, 1.807) is 0 Å². The third-order valence-corrected chi connectivity index (χ3v) is 5.93. The van der Waals surface area contributed by atoms with Crippen LogP contribution in [0.25, 0.3) is 0 Å². The van der Waals surface area contributed by atoms with Crippen LogP contribution in [0.1, 0.15) is 37.6 Å². The maximum absolute atomic E-state index is 12.5. The number of aryl methyl sites for hydroxylation is 2. The van der Waals surface area contributed by atoms with Crippen LogP contribution in [0, 0.1) is 19.8 Å². The van der Waals surface area contributed by atoms with Crippen LogP contribution in [-0.4, -0.2) is 101 Å². The number of nitrogens with zero attached hydrogens (tertiary/aromatic N) is 4. The fourth-order valence-electron chi connectivity index (χ4n) is 4.11. The first-order valence-corrected chi connectivity index (χ1v) is 12.2. The number of amides is 1. The van der Waals surface area contributed by atoms with Gasteiger partial charge in [-0.15, -0.1) is 0 Å². The molecule has 2 fully saturated rings. The summed E-state index contributed by atoms with van der Waals surface area (Å²) in [6.45, 7) is 13.1. The highest BCUT2D eigenvalue weighted by Crippen LogP contribution is 2.20. The van der Waals surface area contributed by atoms with E-state index in [2.05, 4.69) is 33.8 Å². The lowest BCUT2D eigenvalue weighted by Gasteiger charge is -2.37. The van der Waals surface area contributed by atoms with Crippen molar-refractivity contribution >= 4 is 23.5 Å². The Labute approximate surface area is 222 Å². The Hall–Kier alpha value is -3.10. The summed E-state index contributed by atoms with van der Waals surface area (Å²) in [5, 5.41) is 14.2. The van der Waals surface area contributed by atoms with Gasteiger partial charge in [-0.1, -0.05) is 6.92 Å². The van der Waals surface area contributed by atoms with Crippen LogP contribution in [0.5, 0.6) is 0 Å². The number of likely N-dealkylation sites (tertiary alicyclic amines) is 1. The molecular formula is C24H34F6N4O5. The molecule has 1 unspecified atom stereocenters. The topological polar surface area (TPSA) is 114 Å². The lowest BCUT2D eigenvalue weighted by atomic mass is 10.0. The Morgan fingerprint density at radius 1 is 0.897 bits per heavy atom. The number of aromatic nitrogens is 1. The van der Waals surface area contributed by atoms with Crippen LogP contribution in [0.2, 0.25) is 0 Å². The van der Waals surface area contributed by atoms with E-state index in [-0.39, 0.29) is 0 Å². The van der Waals surface area contributed by atoms with Crippen molar-refractivity contribution in [2.24, 2.45) is 5.92 Å². The molecule has 0 aliphatic carbocycles. The quantitative estimate of drug-likeness (QED) is 0.525. The van der Waals surface area contributed by atoms with Gasteiger partial charge in [0.25, 0.3) is 0 Å². The van der Waals surface area contributed by atoms with Crippen molar-refractivity contribution in [1.82, 2.24) is 14.8 Å². The van der Waals surface area contributed by atoms with Gasteiger partial charge in [0.2, 0.25) is 5.91 Å². The number of piperidine rings is 1. The van der Waals surface area contributed by atoms with E-state index >= 15 is 0 Å². The summed E-state index contributed by atoms with van der Waals surface area (Å²) in [5.41, 5.74) is 3.35. The normalized spacial score (nSPS) is 18.3. The number of piperazine rings is 1. The number of hydrogen-bond acceptors (Lipinski definition) is 6. The number of halogens is 6. The molecule has 9 nitrogen and oxygen atoms in total. The number of anilines is 1. The number of carboxylic acids is 2. The van der Waals surface area contributed by atoms with E-state index in [0.717, 1.165) is 63.1 Å². The predicted molar refractivity (Wildman–Crippen MR) is 129 cm³/mol. The molecule has 222 valence electrons. The number of pyridine rings is 1. The second kappa shape index (κ2) is 14.9. The summed E-state index contributed by atoms with van der Waals surface area (Å²) in [7, 11) is 0. The lowest BCUT2D eigenvalue weighted by Crippen LogP contribution is -2.49. The molecular weight excluding hydrogens is 538 g/mol. The minimum Gasteiger partial charge on any atom is -0.475 e. The van der Waals surface area contributed by atoms with Crippen LogP contribution in [0.15, 0.2) is 12.1 Å². The summed E-state index contributed by atoms with van der Waals surface area (Å²) in [6, 6.07) is 4.28. The lowest BCUT2D eigenvalue weighted by molar-refractivity contribution is -0.193. The number of rotatable bonds is 4. The average Bonchev–Trinajstić information content (AvgIpc) is 2.82.